The van der Waals surface area contributed by atoms with Crippen LogP contribution in [-0.2, 0) is 17.4 Å². The predicted octanol–water partition coefficient (Wildman–Crippen LogP) is 16.3. The van der Waals surface area contributed by atoms with E-state index in [-0.39, 0.29) is 5.41 Å². The van der Waals surface area contributed by atoms with Crippen molar-refractivity contribution in [3.8, 4) is 0 Å². The van der Waals surface area contributed by atoms with Gasteiger partial charge in [-0.1, -0.05) is 114 Å². The Hall–Kier alpha value is -5.82. The SMILES string of the molecule is CNc1cc(N)cc(N(c2ccc(C3CCCCC3)cc2)c2c3ccc(C(C)(C)C)cc3c(N(c3ccc(C4CCCCC4)cc3)c3cc(C)cc(CCN4CC4)c3)c3ccc(C(C)(C)N)cc23)c1. The number of fused-ring (bicyclic) bond motifs is 2. The van der Waals surface area contributed by atoms with E-state index in [1.807, 2.05) is 13.1 Å². The summed E-state index contributed by atoms with van der Waals surface area (Å²) in [4.78, 5) is 7.60. The van der Waals surface area contributed by atoms with Crippen molar-refractivity contribution in [1.29, 1.82) is 0 Å². The third-order valence-corrected chi connectivity index (χ3v) is 15.7. The number of rotatable bonds is 13. The van der Waals surface area contributed by atoms with Gasteiger partial charge in [0.05, 0.1) is 17.1 Å². The Balaban J connectivity index is 1.30. The zero-order chi connectivity index (χ0) is 48.0. The maximum absolute atomic E-state index is 7.11. The van der Waals surface area contributed by atoms with Gasteiger partial charge in [0.15, 0.2) is 0 Å². The molecular formula is C63H76N6. The van der Waals surface area contributed by atoms with E-state index in [2.05, 4.69) is 177 Å². The monoisotopic (exact) mass is 917 g/mol. The highest BCUT2D eigenvalue weighted by atomic mass is 15.2. The number of nitrogen functional groups attached to an aromatic ring is 1. The summed E-state index contributed by atoms with van der Waals surface area (Å²) in [5.41, 5.74) is 29.6. The van der Waals surface area contributed by atoms with Crippen molar-refractivity contribution in [1.82, 2.24) is 4.90 Å². The standard InChI is InChI=1S/C63H76N6/c1-42-34-43(30-31-67-32-33-67)36-54(35-42)68(52-24-18-46(19-25-52)44-14-10-8-11-15-44)60-57-29-23-49(63(5,6)65)38-59(57)61(56-28-22-48(37-58(56)60)62(2,3)4)69(55-40-50(64)39-51(41-55)66-7)53-26-20-47(21-27-53)45-16-12-9-13-17-45/h18-29,34-41,44-45,66H,8-17,30-33,64-65H2,1-7H3. The van der Waals surface area contributed by atoms with Crippen molar-refractivity contribution in [3.63, 3.8) is 0 Å². The van der Waals surface area contributed by atoms with E-state index in [0.29, 0.717) is 17.5 Å². The minimum absolute atomic E-state index is 0.0979. The van der Waals surface area contributed by atoms with E-state index in [0.717, 1.165) is 46.7 Å². The van der Waals surface area contributed by atoms with Gasteiger partial charge in [0.2, 0.25) is 0 Å². The molecule has 3 aliphatic rings. The number of nitrogens with two attached hydrogens (primary N) is 2. The number of nitrogens with one attached hydrogen (secondary N) is 1. The summed E-state index contributed by atoms with van der Waals surface area (Å²) in [6.07, 6.45) is 14.0. The van der Waals surface area contributed by atoms with Crippen LogP contribution in [0.4, 0.5) is 45.5 Å². The molecule has 10 rings (SSSR count). The number of aryl methyl sites for hydroxylation is 1. The van der Waals surface area contributed by atoms with Crippen LogP contribution in [0, 0.1) is 6.92 Å². The van der Waals surface area contributed by atoms with Gasteiger partial charge in [0.1, 0.15) is 0 Å². The van der Waals surface area contributed by atoms with Crippen LogP contribution in [0.25, 0.3) is 21.5 Å². The Morgan fingerprint density at radius 1 is 0.551 bits per heavy atom. The van der Waals surface area contributed by atoms with Gasteiger partial charge in [-0.2, -0.15) is 0 Å². The third-order valence-electron chi connectivity index (χ3n) is 15.7. The zero-order valence-electron chi connectivity index (χ0n) is 42.6. The summed E-state index contributed by atoms with van der Waals surface area (Å²) in [5.74, 6) is 1.22. The van der Waals surface area contributed by atoms with E-state index in [9.17, 15) is 0 Å². The molecule has 6 nitrogen and oxygen atoms in total. The van der Waals surface area contributed by atoms with Gasteiger partial charge in [-0.15, -0.1) is 0 Å². The van der Waals surface area contributed by atoms with Crippen molar-refractivity contribution in [3.05, 3.63) is 155 Å². The van der Waals surface area contributed by atoms with Crippen LogP contribution in [0.15, 0.2) is 121 Å². The molecule has 69 heavy (non-hydrogen) atoms. The first-order chi connectivity index (χ1) is 33.2. The summed E-state index contributed by atoms with van der Waals surface area (Å²) in [7, 11) is 1.97. The lowest BCUT2D eigenvalue weighted by molar-refractivity contribution is 0.443. The van der Waals surface area contributed by atoms with Crippen LogP contribution < -0.4 is 26.6 Å². The Morgan fingerprint density at radius 2 is 1.06 bits per heavy atom. The van der Waals surface area contributed by atoms with Gasteiger partial charge in [0, 0.05) is 82.2 Å². The third kappa shape index (κ3) is 9.98. The average molecular weight is 917 g/mol. The molecule has 0 unspecified atom stereocenters. The summed E-state index contributed by atoms with van der Waals surface area (Å²) < 4.78 is 0. The van der Waals surface area contributed by atoms with Crippen LogP contribution in [0.3, 0.4) is 0 Å². The van der Waals surface area contributed by atoms with Gasteiger partial charge >= 0.3 is 0 Å². The Morgan fingerprint density at radius 3 is 1.55 bits per heavy atom. The molecule has 7 aromatic carbocycles. The van der Waals surface area contributed by atoms with E-state index in [4.69, 9.17) is 11.5 Å². The molecule has 1 heterocycles. The zero-order valence-corrected chi connectivity index (χ0v) is 42.6. The fraction of sp³-hybridized carbons (Fsp3) is 0.397. The number of nitrogens with zero attached hydrogens (tertiary/aromatic N) is 3. The molecule has 6 heteroatoms. The molecule has 2 aliphatic carbocycles. The van der Waals surface area contributed by atoms with Crippen LogP contribution in [-0.4, -0.2) is 31.6 Å². The van der Waals surface area contributed by atoms with Gasteiger partial charge in [-0.05, 0) is 170 Å². The lowest BCUT2D eigenvalue weighted by Crippen LogP contribution is -2.28. The van der Waals surface area contributed by atoms with Gasteiger partial charge in [-0.25, -0.2) is 0 Å². The minimum Gasteiger partial charge on any atom is -0.399 e. The molecule has 7 aromatic rings. The molecule has 0 aromatic heterocycles. The highest BCUT2D eigenvalue weighted by Gasteiger charge is 2.30. The maximum atomic E-state index is 7.11. The first kappa shape index (κ1) is 46.9. The molecule has 1 saturated heterocycles. The fourth-order valence-electron chi connectivity index (χ4n) is 11.6. The molecular weight excluding hydrogens is 841 g/mol. The summed E-state index contributed by atoms with van der Waals surface area (Å²) in [5, 5.41) is 8.10. The van der Waals surface area contributed by atoms with Crippen LogP contribution in [0.5, 0.6) is 0 Å². The van der Waals surface area contributed by atoms with E-state index in [1.165, 1.54) is 138 Å². The molecule has 0 radical (unpaired) electrons. The van der Waals surface area contributed by atoms with Crippen molar-refractivity contribution in [2.75, 3.05) is 47.5 Å². The average Bonchev–Trinajstić information content (AvgIpc) is 4.19. The minimum atomic E-state index is -0.586. The van der Waals surface area contributed by atoms with Gasteiger partial charge < -0.3 is 31.5 Å². The second-order valence-corrected chi connectivity index (χ2v) is 22.5. The maximum Gasteiger partial charge on any atom is 0.0620 e. The molecule has 5 N–H and O–H groups in total. The number of benzene rings is 7. The van der Waals surface area contributed by atoms with Crippen LogP contribution in [0.1, 0.15) is 144 Å². The quantitative estimate of drug-likeness (QED) is 0.0463. The molecule has 1 aliphatic heterocycles. The lowest BCUT2D eigenvalue weighted by Gasteiger charge is -2.35. The smallest absolute Gasteiger partial charge is 0.0620 e. The highest BCUT2D eigenvalue weighted by molar-refractivity contribution is 6.23. The fourth-order valence-corrected chi connectivity index (χ4v) is 11.6. The molecule has 3 fully saturated rings. The second-order valence-electron chi connectivity index (χ2n) is 22.5. The summed E-state index contributed by atoms with van der Waals surface area (Å²) >= 11 is 0. The highest BCUT2D eigenvalue weighted by Crippen LogP contribution is 2.53. The van der Waals surface area contributed by atoms with E-state index in [1.54, 1.807) is 0 Å². The first-order valence-electron chi connectivity index (χ1n) is 26.3. The van der Waals surface area contributed by atoms with Crippen molar-refractivity contribution in [2.45, 2.75) is 135 Å². The van der Waals surface area contributed by atoms with E-state index < -0.39 is 5.54 Å². The molecule has 0 atom stereocenters. The number of hydrogen-bond acceptors (Lipinski definition) is 6. The lowest BCUT2D eigenvalue weighted by atomic mass is 9.83. The van der Waals surface area contributed by atoms with Crippen LogP contribution >= 0.6 is 0 Å². The van der Waals surface area contributed by atoms with Crippen molar-refractivity contribution in [2.24, 2.45) is 5.73 Å². The Labute approximate surface area is 413 Å². The van der Waals surface area contributed by atoms with Gasteiger partial charge in [0.25, 0.3) is 0 Å². The van der Waals surface area contributed by atoms with Crippen molar-refractivity contribution < 1.29 is 0 Å². The van der Waals surface area contributed by atoms with Crippen LogP contribution in [0.2, 0.25) is 0 Å². The van der Waals surface area contributed by atoms with Crippen molar-refractivity contribution >= 4 is 67.0 Å². The second kappa shape index (κ2) is 19.2. The molecule has 0 amide bonds. The predicted molar refractivity (Wildman–Crippen MR) is 297 cm³/mol. The number of hydrogen-bond donors (Lipinski definition) is 3. The summed E-state index contributed by atoms with van der Waals surface area (Å²) in [6.45, 7) is 17.0. The largest absolute Gasteiger partial charge is 0.399 e. The molecule has 2 saturated carbocycles. The summed E-state index contributed by atoms with van der Waals surface area (Å²) in [6, 6.07) is 47.1. The normalized spacial score (nSPS) is 16.3. The molecule has 358 valence electrons. The Bertz CT molecular complexity index is 2940. The van der Waals surface area contributed by atoms with Gasteiger partial charge in [-0.3, -0.25) is 0 Å². The molecule has 0 bridgehead atoms. The van der Waals surface area contributed by atoms with E-state index >= 15 is 0 Å². The number of anilines is 8. The first-order valence-corrected chi connectivity index (χ1v) is 26.3. The topological polar surface area (TPSA) is 73.6 Å². The Kier molecular flexibility index (Phi) is 13.0. The molecule has 0 spiro atoms.